The van der Waals surface area contributed by atoms with Crippen molar-refractivity contribution in [3.05, 3.63) is 28.8 Å². The summed E-state index contributed by atoms with van der Waals surface area (Å²) in [4.78, 5) is 2.46. The van der Waals surface area contributed by atoms with Crippen LogP contribution in [0.25, 0.3) is 0 Å². The van der Waals surface area contributed by atoms with E-state index in [2.05, 4.69) is 18.7 Å². The molecule has 0 bridgehead atoms. The fraction of sp³-hybridized carbons (Fsp3) is 0.667. The predicted octanol–water partition coefficient (Wildman–Crippen LogP) is 2.21. The number of rotatable bonds is 3. The molecular formula is C18H27NO3. The molecule has 1 fully saturated rings. The summed E-state index contributed by atoms with van der Waals surface area (Å²) in [5.41, 5.74) is 2.93. The van der Waals surface area contributed by atoms with Gasteiger partial charge in [0.1, 0.15) is 5.75 Å². The Bertz CT molecular complexity index is 543. The normalized spacial score (nSPS) is 28.5. The van der Waals surface area contributed by atoms with E-state index in [1.54, 1.807) is 6.07 Å². The summed E-state index contributed by atoms with van der Waals surface area (Å²) >= 11 is 0. The van der Waals surface area contributed by atoms with E-state index in [0.717, 1.165) is 37.9 Å². The molecule has 2 aliphatic heterocycles. The highest BCUT2D eigenvalue weighted by Crippen LogP contribution is 2.41. The van der Waals surface area contributed by atoms with Gasteiger partial charge in [-0.3, -0.25) is 4.90 Å². The summed E-state index contributed by atoms with van der Waals surface area (Å²) in [5, 5.41) is 29.9. The van der Waals surface area contributed by atoms with Gasteiger partial charge in [-0.1, -0.05) is 13.8 Å². The van der Waals surface area contributed by atoms with Crippen molar-refractivity contribution in [3.8, 4) is 5.75 Å². The molecular weight excluding hydrogens is 278 g/mol. The van der Waals surface area contributed by atoms with Crippen LogP contribution < -0.4 is 0 Å². The molecule has 1 saturated heterocycles. The van der Waals surface area contributed by atoms with E-state index < -0.39 is 0 Å². The second kappa shape index (κ2) is 6.19. The maximum Gasteiger partial charge on any atom is 0.121 e. The summed E-state index contributed by atoms with van der Waals surface area (Å²) in [6.07, 6.45) is 2.48. The lowest BCUT2D eigenvalue weighted by Crippen LogP contribution is -2.48. The smallest absolute Gasteiger partial charge is 0.121 e. The highest BCUT2D eigenvalue weighted by atomic mass is 16.3. The van der Waals surface area contributed by atoms with Crippen LogP contribution in [0.1, 0.15) is 49.4 Å². The largest absolute Gasteiger partial charge is 0.508 e. The van der Waals surface area contributed by atoms with Gasteiger partial charge in [0, 0.05) is 24.7 Å². The highest BCUT2D eigenvalue weighted by Gasteiger charge is 2.38. The van der Waals surface area contributed by atoms with Crippen molar-refractivity contribution in [1.82, 2.24) is 4.90 Å². The molecule has 2 heterocycles. The van der Waals surface area contributed by atoms with Crippen molar-refractivity contribution >= 4 is 0 Å². The number of benzene rings is 1. The molecule has 3 atom stereocenters. The lowest BCUT2D eigenvalue weighted by molar-refractivity contribution is -0.0191. The number of fused-ring (bicyclic) bond motifs is 3. The Labute approximate surface area is 132 Å². The van der Waals surface area contributed by atoms with Crippen LogP contribution in [0.15, 0.2) is 12.1 Å². The Balaban J connectivity index is 1.85. The van der Waals surface area contributed by atoms with E-state index in [-0.39, 0.29) is 24.5 Å². The van der Waals surface area contributed by atoms with Crippen molar-refractivity contribution in [1.29, 1.82) is 0 Å². The number of hydrogen-bond donors (Lipinski definition) is 3. The number of phenols is 1. The zero-order valence-corrected chi connectivity index (χ0v) is 13.5. The summed E-state index contributed by atoms with van der Waals surface area (Å²) < 4.78 is 0. The van der Waals surface area contributed by atoms with Crippen LogP contribution in [-0.2, 0) is 13.0 Å². The van der Waals surface area contributed by atoms with E-state index in [1.165, 1.54) is 5.56 Å². The van der Waals surface area contributed by atoms with Gasteiger partial charge in [0.25, 0.3) is 0 Å². The third-order valence-electron chi connectivity index (χ3n) is 5.23. The standard InChI is InChI=1S/C18H27NO3/c1-11(2)5-13-9-19-4-3-12-6-14(10-20)17(21)7-15(12)16(19)8-18(13)22/h6-7,11,13,16,18,20-22H,3-5,8-10H2,1-2H3/t13-,16?,18+/m0/s1. The minimum Gasteiger partial charge on any atom is -0.508 e. The minimum atomic E-state index is -0.269. The third-order valence-corrected chi connectivity index (χ3v) is 5.23. The second-order valence-electron chi connectivity index (χ2n) is 7.29. The Morgan fingerprint density at radius 1 is 1.32 bits per heavy atom. The van der Waals surface area contributed by atoms with Gasteiger partial charge in [0.15, 0.2) is 0 Å². The molecule has 0 radical (unpaired) electrons. The quantitative estimate of drug-likeness (QED) is 0.801. The summed E-state index contributed by atoms with van der Waals surface area (Å²) in [6, 6.07) is 3.92. The van der Waals surface area contributed by atoms with Gasteiger partial charge in [0.05, 0.1) is 12.7 Å². The van der Waals surface area contributed by atoms with Crippen molar-refractivity contribution in [2.75, 3.05) is 13.1 Å². The molecule has 0 spiro atoms. The summed E-state index contributed by atoms with van der Waals surface area (Å²) in [7, 11) is 0. The summed E-state index contributed by atoms with van der Waals surface area (Å²) in [5.74, 6) is 1.12. The molecule has 0 saturated carbocycles. The van der Waals surface area contributed by atoms with Gasteiger partial charge in [0.2, 0.25) is 0 Å². The van der Waals surface area contributed by atoms with E-state index >= 15 is 0 Å². The molecule has 3 N–H and O–H groups in total. The molecule has 122 valence electrons. The van der Waals surface area contributed by atoms with Crippen molar-refractivity contribution < 1.29 is 15.3 Å². The topological polar surface area (TPSA) is 63.9 Å². The number of aliphatic hydroxyl groups is 2. The molecule has 1 unspecified atom stereocenters. The lowest BCUT2D eigenvalue weighted by atomic mass is 9.79. The van der Waals surface area contributed by atoms with Gasteiger partial charge in [-0.2, -0.15) is 0 Å². The Morgan fingerprint density at radius 3 is 2.77 bits per heavy atom. The van der Waals surface area contributed by atoms with Crippen LogP contribution in [-0.4, -0.2) is 39.4 Å². The zero-order chi connectivity index (χ0) is 15.9. The first-order valence-corrected chi connectivity index (χ1v) is 8.37. The average Bonchev–Trinajstić information content (AvgIpc) is 2.47. The van der Waals surface area contributed by atoms with E-state index in [9.17, 15) is 15.3 Å². The van der Waals surface area contributed by atoms with E-state index in [4.69, 9.17) is 0 Å². The van der Waals surface area contributed by atoms with Crippen LogP contribution in [0.4, 0.5) is 0 Å². The molecule has 3 rings (SSSR count). The first-order chi connectivity index (χ1) is 10.5. The minimum absolute atomic E-state index is 0.132. The van der Waals surface area contributed by atoms with Crippen LogP contribution in [0, 0.1) is 11.8 Å². The third kappa shape index (κ3) is 2.87. The maximum absolute atomic E-state index is 10.5. The average molecular weight is 305 g/mol. The highest BCUT2D eigenvalue weighted by molar-refractivity contribution is 5.44. The fourth-order valence-corrected chi connectivity index (χ4v) is 4.15. The van der Waals surface area contributed by atoms with Gasteiger partial charge < -0.3 is 15.3 Å². The number of aromatic hydroxyl groups is 1. The zero-order valence-electron chi connectivity index (χ0n) is 13.5. The Hall–Kier alpha value is -1.10. The molecule has 1 aromatic rings. The Morgan fingerprint density at radius 2 is 2.09 bits per heavy atom. The van der Waals surface area contributed by atoms with Gasteiger partial charge in [-0.05, 0) is 54.4 Å². The molecule has 4 heteroatoms. The maximum atomic E-state index is 10.5. The van der Waals surface area contributed by atoms with Crippen molar-refractivity contribution in [2.45, 2.75) is 51.9 Å². The first kappa shape index (κ1) is 15.8. The predicted molar refractivity (Wildman–Crippen MR) is 85.6 cm³/mol. The van der Waals surface area contributed by atoms with Crippen molar-refractivity contribution in [3.63, 3.8) is 0 Å². The van der Waals surface area contributed by atoms with E-state index in [0.29, 0.717) is 17.4 Å². The number of aliphatic hydroxyl groups excluding tert-OH is 2. The van der Waals surface area contributed by atoms with Crippen molar-refractivity contribution in [2.24, 2.45) is 11.8 Å². The molecule has 1 aromatic carbocycles. The molecule has 4 nitrogen and oxygen atoms in total. The van der Waals surface area contributed by atoms with Crippen LogP contribution in [0.5, 0.6) is 5.75 Å². The first-order valence-electron chi connectivity index (χ1n) is 8.37. The lowest BCUT2D eigenvalue weighted by Gasteiger charge is -2.46. The molecule has 0 aliphatic carbocycles. The second-order valence-corrected chi connectivity index (χ2v) is 7.29. The van der Waals surface area contributed by atoms with E-state index in [1.807, 2.05) is 6.07 Å². The van der Waals surface area contributed by atoms with Gasteiger partial charge in [-0.15, -0.1) is 0 Å². The number of nitrogens with zero attached hydrogens (tertiary/aromatic N) is 1. The molecule has 0 aromatic heterocycles. The molecule has 0 amide bonds. The number of piperidine rings is 1. The molecule has 2 aliphatic rings. The monoisotopic (exact) mass is 305 g/mol. The Kier molecular flexibility index (Phi) is 4.44. The number of hydrogen-bond acceptors (Lipinski definition) is 4. The van der Waals surface area contributed by atoms with Gasteiger partial charge >= 0.3 is 0 Å². The van der Waals surface area contributed by atoms with Gasteiger partial charge in [-0.25, -0.2) is 0 Å². The molecule has 22 heavy (non-hydrogen) atoms. The van der Waals surface area contributed by atoms with Crippen LogP contribution in [0.3, 0.4) is 0 Å². The summed E-state index contributed by atoms with van der Waals surface area (Å²) in [6.45, 7) is 6.21. The van der Waals surface area contributed by atoms with Crippen LogP contribution in [0.2, 0.25) is 0 Å². The fourth-order valence-electron chi connectivity index (χ4n) is 4.15. The SMILES string of the molecule is CC(C)C[C@H]1CN2CCc3cc(CO)c(O)cc3C2C[C@H]1O. The van der Waals surface area contributed by atoms with Crippen LogP contribution >= 0.6 is 0 Å².